The van der Waals surface area contributed by atoms with Crippen LogP contribution in [0.1, 0.15) is 25.0 Å². The van der Waals surface area contributed by atoms with Crippen LogP contribution in [0, 0.1) is 12.3 Å². The van der Waals surface area contributed by atoms with E-state index in [9.17, 15) is 8.42 Å². The molecule has 0 saturated carbocycles. The van der Waals surface area contributed by atoms with Gasteiger partial charge >= 0.3 is 0 Å². The summed E-state index contributed by atoms with van der Waals surface area (Å²) >= 11 is 0. The van der Waals surface area contributed by atoms with Crippen LogP contribution in [-0.4, -0.2) is 14.2 Å². The third-order valence-electron chi connectivity index (χ3n) is 2.52. The van der Waals surface area contributed by atoms with Gasteiger partial charge in [-0.05, 0) is 29.9 Å². The summed E-state index contributed by atoms with van der Waals surface area (Å²) in [6.07, 6.45) is 0.718. The second kappa shape index (κ2) is 4.55. The molecule has 0 fully saturated rings. The molecule has 3 nitrogen and oxygen atoms in total. The van der Waals surface area contributed by atoms with E-state index < -0.39 is 10.0 Å². The van der Waals surface area contributed by atoms with Crippen LogP contribution in [0.2, 0.25) is 0 Å². The zero-order valence-corrected chi connectivity index (χ0v) is 10.8. The molecule has 0 aliphatic heterocycles. The van der Waals surface area contributed by atoms with Crippen molar-refractivity contribution in [3.05, 3.63) is 35.4 Å². The van der Waals surface area contributed by atoms with E-state index in [1.165, 1.54) is 11.1 Å². The van der Waals surface area contributed by atoms with E-state index in [2.05, 4.69) is 0 Å². The van der Waals surface area contributed by atoms with Crippen molar-refractivity contribution < 1.29 is 8.42 Å². The zero-order valence-electron chi connectivity index (χ0n) is 10.0. The first-order valence-electron chi connectivity index (χ1n) is 5.25. The SMILES string of the molecule is Cc1ccccc1CC(C)(C)CS(N)(=O)=O. The molecule has 90 valence electrons. The number of primary sulfonamides is 1. The van der Waals surface area contributed by atoms with E-state index in [1.54, 1.807) is 0 Å². The van der Waals surface area contributed by atoms with E-state index >= 15 is 0 Å². The Morgan fingerprint density at radius 3 is 2.31 bits per heavy atom. The average Bonchev–Trinajstić information content (AvgIpc) is 2.04. The molecule has 0 aromatic heterocycles. The number of sulfonamides is 1. The van der Waals surface area contributed by atoms with Gasteiger partial charge in [-0.15, -0.1) is 0 Å². The van der Waals surface area contributed by atoms with Gasteiger partial charge in [-0.2, -0.15) is 0 Å². The van der Waals surface area contributed by atoms with Crippen molar-refractivity contribution >= 4 is 10.0 Å². The number of nitrogens with two attached hydrogens (primary N) is 1. The van der Waals surface area contributed by atoms with Gasteiger partial charge in [-0.1, -0.05) is 38.1 Å². The van der Waals surface area contributed by atoms with Crippen LogP contribution in [0.25, 0.3) is 0 Å². The number of aryl methyl sites for hydroxylation is 1. The zero-order chi connectivity index (χ0) is 12.4. The van der Waals surface area contributed by atoms with Crippen molar-refractivity contribution in [2.24, 2.45) is 10.6 Å². The van der Waals surface area contributed by atoms with Crippen molar-refractivity contribution in [2.45, 2.75) is 27.2 Å². The lowest BCUT2D eigenvalue weighted by Gasteiger charge is -2.24. The molecule has 0 aliphatic rings. The average molecular weight is 241 g/mol. The lowest BCUT2D eigenvalue weighted by molar-refractivity contribution is 0.409. The van der Waals surface area contributed by atoms with Crippen LogP contribution in [0.4, 0.5) is 0 Å². The van der Waals surface area contributed by atoms with E-state index in [0.29, 0.717) is 0 Å². The number of hydrogen-bond donors (Lipinski definition) is 1. The Morgan fingerprint density at radius 1 is 1.25 bits per heavy atom. The molecule has 16 heavy (non-hydrogen) atoms. The van der Waals surface area contributed by atoms with Crippen molar-refractivity contribution in [3.63, 3.8) is 0 Å². The fourth-order valence-electron chi connectivity index (χ4n) is 1.92. The molecule has 0 aliphatic carbocycles. The summed E-state index contributed by atoms with van der Waals surface area (Å²) in [4.78, 5) is 0. The standard InChI is InChI=1S/C12H19NO2S/c1-10-6-4-5-7-11(10)8-12(2,3)9-16(13,14)15/h4-7H,8-9H2,1-3H3,(H2,13,14,15). The predicted octanol–water partition coefficient (Wildman–Crippen LogP) is 1.85. The first kappa shape index (κ1) is 13.2. The molecule has 1 rings (SSSR count). The fourth-order valence-corrected chi connectivity index (χ4v) is 3.11. The summed E-state index contributed by atoms with van der Waals surface area (Å²) in [5, 5.41) is 5.09. The molecule has 0 heterocycles. The van der Waals surface area contributed by atoms with Gasteiger partial charge in [0.25, 0.3) is 0 Å². The van der Waals surface area contributed by atoms with Gasteiger partial charge in [0.05, 0.1) is 5.75 Å². The molecule has 0 radical (unpaired) electrons. The Bertz CT molecular complexity index is 464. The molecule has 0 unspecified atom stereocenters. The highest BCUT2D eigenvalue weighted by atomic mass is 32.2. The third kappa shape index (κ3) is 4.33. The summed E-state index contributed by atoms with van der Waals surface area (Å²) in [5.41, 5.74) is 2.03. The Hall–Kier alpha value is -0.870. The molecule has 0 saturated heterocycles. The molecule has 0 atom stereocenters. The van der Waals surface area contributed by atoms with E-state index in [0.717, 1.165) is 6.42 Å². The van der Waals surface area contributed by atoms with Crippen molar-refractivity contribution in [2.75, 3.05) is 5.75 Å². The smallest absolute Gasteiger partial charge is 0.209 e. The molecule has 0 amide bonds. The Balaban J connectivity index is 2.85. The Morgan fingerprint density at radius 2 is 1.81 bits per heavy atom. The van der Waals surface area contributed by atoms with Crippen molar-refractivity contribution in [1.82, 2.24) is 0 Å². The number of rotatable bonds is 4. The van der Waals surface area contributed by atoms with Crippen LogP contribution in [0.15, 0.2) is 24.3 Å². The van der Waals surface area contributed by atoms with Gasteiger partial charge < -0.3 is 0 Å². The van der Waals surface area contributed by atoms with Crippen LogP contribution >= 0.6 is 0 Å². The lowest BCUT2D eigenvalue weighted by Crippen LogP contribution is -2.30. The van der Waals surface area contributed by atoms with Crippen molar-refractivity contribution in [3.8, 4) is 0 Å². The maximum absolute atomic E-state index is 11.1. The largest absolute Gasteiger partial charge is 0.229 e. The van der Waals surface area contributed by atoms with Crippen LogP contribution in [0.3, 0.4) is 0 Å². The minimum atomic E-state index is -3.41. The van der Waals surface area contributed by atoms with Gasteiger partial charge in [-0.3, -0.25) is 0 Å². The molecule has 0 bridgehead atoms. The summed E-state index contributed by atoms with van der Waals surface area (Å²) in [5.74, 6) is 0.00827. The van der Waals surface area contributed by atoms with E-state index in [1.807, 2.05) is 45.0 Å². The van der Waals surface area contributed by atoms with Crippen LogP contribution < -0.4 is 5.14 Å². The third-order valence-corrected chi connectivity index (χ3v) is 3.71. The normalized spacial score (nSPS) is 12.8. The topological polar surface area (TPSA) is 60.2 Å². The minimum Gasteiger partial charge on any atom is -0.229 e. The van der Waals surface area contributed by atoms with Crippen molar-refractivity contribution in [1.29, 1.82) is 0 Å². The Kier molecular flexibility index (Phi) is 3.76. The summed E-state index contributed by atoms with van der Waals surface area (Å²) < 4.78 is 22.2. The van der Waals surface area contributed by atoms with Gasteiger partial charge in [0, 0.05) is 0 Å². The van der Waals surface area contributed by atoms with Crippen LogP contribution in [0.5, 0.6) is 0 Å². The van der Waals surface area contributed by atoms with Crippen LogP contribution in [-0.2, 0) is 16.4 Å². The number of hydrogen-bond acceptors (Lipinski definition) is 2. The van der Waals surface area contributed by atoms with Gasteiger partial charge in [-0.25, -0.2) is 13.6 Å². The molecular weight excluding hydrogens is 222 g/mol. The molecule has 4 heteroatoms. The first-order valence-corrected chi connectivity index (χ1v) is 6.96. The molecule has 1 aromatic rings. The molecule has 2 N–H and O–H groups in total. The monoisotopic (exact) mass is 241 g/mol. The predicted molar refractivity (Wildman–Crippen MR) is 66.6 cm³/mol. The summed E-state index contributed by atoms with van der Waals surface area (Å²) in [6.45, 7) is 5.87. The van der Waals surface area contributed by atoms with Gasteiger partial charge in [0.2, 0.25) is 10.0 Å². The Labute approximate surface area is 97.7 Å². The van der Waals surface area contributed by atoms with E-state index in [4.69, 9.17) is 5.14 Å². The second-order valence-corrected chi connectivity index (χ2v) is 6.69. The van der Waals surface area contributed by atoms with Gasteiger partial charge in [0.1, 0.15) is 0 Å². The highest BCUT2D eigenvalue weighted by Gasteiger charge is 2.24. The minimum absolute atomic E-state index is 0.00827. The second-order valence-electron chi connectivity index (χ2n) is 5.07. The fraction of sp³-hybridized carbons (Fsp3) is 0.500. The summed E-state index contributed by atoms with van der Waals surface area (Å²) in [6, 6.07) is 8.00. The molecule has 1 aromatic carbocycles. The highest BCUT2D eigenvalue weighted by Crippen LogP contribution is 2.24. The highest BCUT2D eigenvalue weighted by molar-refractivity contribution is 7.89. The van der Waals surface area contributed by atoms with E-state index in [-0.39, 0.29) is 11.2 Å². The quantitative estimate of drug-likeness (QED) is 0.874. The molecule has 0 spiro atoms. The molecular formula is C12H19NO2S. The lowest BCUT2D eigenvalue weighted by atomic mass is 9.86. The maximum Gasteiger partial charge on any atom is 0.209 e. The first-order chi connectivity index (χ1) is 7.20. The summed E-state index contributed by atoms with van der Waals surface area (Å²) in [7, 11) is -3.41. The van der Waals surface area contributed by atoms with Gasteiger partial charge in [0.15, 0.2) is 0 Å². The maximum atomic E-state index is 11.1. The number of benzene rings is 1.